The molecule has 21 heavy (non-hydrogen) atoms. The average molecular weight is 383 g/mol. The minimum absolute atomic E-state index is 0.199. The summed E-state index contributed by atoms with van der Waals surface area (Å²) in [5, 5.41) is 0.836. The minimum atomic E-state index is -3.77. The van der Waals surface area contributed by atoms with Crippen molar-refractivity contribution in [2.75, 3.05) is 38.1 Å². The van der Waals surface area contributed by atoms with Gasteiger partial charge in [0.15, 0.2) is 11.6 Å². The summed E-state index contributed by atoms with van der Waals surface area (Å²) in [6.45, 7) is 3.07. The standard InChI is InChI=1S/C13H17BrF2N2O2S/c14-4-7-17-5-1-6-18(9-8-17)21(19,20)11-2-3-12(15)13(16)10-11/h2-3,10H,1,4-9H2. The van der Waals surface area contributed by atoms with Crippen LogP contribution in [0.1, 0.15) is 6.42 Å². The van der Waals surface area contributed by atoms with E-state index in [2.05, 4.69) is 20.8 Å². The van der Waals surface area contributed by atoms with Crippen molar-refractivity contribution in [2.45, 2.75) is 11.3 Å². The topological polar surface area (TPSA) is 40.6 Å². The molecule has 8 heteroatoms. The van der Waals surface area contributed by atoms with Crippen LogP contribution >= 0.6 is 15.9 Å². The molecular formula is C13H17BrF2N2O2S. The van der Waals surface area contributed by atoms with Gasteiger partial charge in [-0.2, -0.15) is 4.31 Å². The Morgan fingerprint density at radius 3 is 2.52 bits per heavy atom. The molecule has 0 saturated carbocycles. The Hall–Kier alpha value is -0.570. The predicted molar refractivity (Wildman–Crippen MR) is 80.0 cm³/mol. The van der Waals surface area contributed by atoms with E-state index in [-0.39, 0.29) is 4.90 Å². The number of rotatable bonds is 4. The molecule has 0 aromatic heterocycles. The van der Waals surface area contributed by atoms with E-state index < -0.39 is 21.7 Å². The second-order valence-corrected chi connectivity index (χ2v) is 7.60. The van der Waals surface area contributed by atoms with Crippen LogP contribution in [0.25, 0.3) is 0 Å². The Kier molecular flexibility index (Phi) is 5.70. The summed E-state index contributed by atoms with van der Waals surface area (Å²) >= 11 is 3.37. The Morgan fingerprint density at radius 2 is 1.86 bits per heavy atom. The molecule has 0 unspecified atom stereocenters. The summed E-state index contributed by atoms with van der Waals surface area (Å²) in [6, 6.07) is 2.69. The fourth-order valence-electron chi connectivity index (χ4n) is 2.32. The van der Waals surface area contributed by atoms with E-state index in [1.165, 1.54) is 4.31 Å². The van der Waals surface area contributed by atoms with E-state index in [0.29, 0.717) is 19.6 Å². The predicted octanol–water partition coefficient (Wildman–Crippen LogP) is 2.06. The van der Waals surface area contributed by atoms with Crippen LogP contribution in [0.2, 0.25) is 0 Å². The summed E-state index contributed by atoms with van der Waals surface area (Å²) in [5.74, 6) is -2.19. The van der Waals surface area contributed by atoms with E-state index >= 15 is 0 Å². The van der Waals surface area contributed by atoms with Crippen LogP contribution in [0.5, 0.6) is 0 Å². The zero-order valence-electron chi connectivity index (χ0n) is 11.4. The van der Waals surface area contributed by atoms with Crippen LogP contribution in [0.3, 0.4) is 0 Å². The molecule has 1 aromatic rings. The maximum atomic E-state index is 13.2. The summed E-state index contributed by atoms with van der Waals surface area (Å²) in [5.41, 5.74) is 0. The smallest absolute Gasteiger partial charge is 0.243 e. The number of benzene rings is 1. The molecule has 0 N–H and O–H groups in total. The van der Waals surface area contributed by atoms with Gasteiger partial charge in [-0.1, -0.05) is 15.9 Å². The lowest BCUT2D eigenvalue weighted by molar-refractivity contribution is 0.305. The number of hydrogen-bond donors (Lipinski definition) is 0. The van der Waals surface area contributed by atoms with Gasteiger partial charge in [0.1, 0.15) is 0 Å². The highest BCUT2D eigenvalue weighted by Crippen LogP contribution is 2.20. The van der Waals surface area contributed by atoms with Crippen molar-refractivity contribution in [3.05, 3.63) is 29.8 Å². The zero-order chi connectivity index (χ0) is 15.5. The molecule has 2 rings (SSSR count). The molecule has 1 fully saturated rings. The molecular weight excluding hydrogens is 366 g/mol. The number of nitrogens with zero attached hydrogens (tertiary/aromatic N) is 2. The Balaban J connectivity index is 2.17. The molecule has 0 bridgehead atoms. The monoisotopic (exact) mass is 382 g/mol. The number of alkyl halides is 1. The second-order valence-electron chi connectivity index (χ2n) is 4.86. The first-order valence-corrected chi connectivity index (χ1v) is 9.25. The molecule has 0 radical (unpaired) electrons. The van der Waals surface area contributed by atoms with Gasteiger partial charge in [0.05, 0.1) is 4.90 Å². The molecule has 1 aliphatic heterocycles. The Labute approximate surface area is 131 Å². The van der Waals surface area contributed by atoms with Crippen LogP contribution in [-0.2, 0) is 10.0 Å². The molecule has 0 amide bonds. The molecule has 0 spiro atoms. The maximum absolute atomic E-state index is 13.2. The third kappa shape index (κ3) is 4.00. The Bertz CT molecular complexity index is 598. The molecule has 1 saturated heterocycles. The molecule has 0 aliphatic carbocycles. The van der Waals surface area contributed by atoms with Crippen molar-refractivity contribution in [3.8, 4) is 0 Å². The van der Waals surface area contributed by atoms with Gasteiger partial charge in [-0.3, -0.25) is 0 Å². The van der Waals surface area contributed by atoms with Gasteiger partial charge in [0, 0.05) is 31.5 Å². The van der Waals surface area contributed by atoms with Crippen LogP contribution in [0.4, 0.5) is 8.78 Å². The van der Waals surface area contributed by atoms with Crippen molar-refractivity contribution < 1.29 is 17.2 Å². The van der Waals surface area contributed by atoms with E-state index in [0.717, 1.165) is 43.0 Å². The molecule has 1 heterocycles. The minimum Gasteiger partial charge on any atom is -0.301 e. The first-order valence-electron chi connectivity index (χ1n) is 6.68. The number of hydrogen-bond acceptors (Lipinski definition) is 3. The summed E-state index contributed by atoms with van der Waals surface area (Å²) in [4.78, 5) is 1.98. The third-order valence-electron chi connectivity index (χ3n) is 3.48. The molecule has 1 aliphatic rings. The molecule has 4 nitrogen and oxygen atoms in total. The van der Waals surface area contributed by atoms with E-state index in [4.69, 9.17) is 0 Å². The lowest BCUT2D eigenvalue weighted by Gasteiger charge is -2.21. The van der Waals surface area contributed by atoms with Gasteiger partial charge in [0.2, 0.25) is 10.0 Å². The molecule has 1 aromatic carbocycles. The average Bonchev–Trinajstić information content (AvgIpc) is 2.68. The van der Waals surface area contributed by atoms with Crippen LogP contribution in [-0.4, -0.2) is 55.7 Å². The second kappa shape index (κ2) is 7.13. The van der Waals surface area contributed by atoms with Gasteiger partial charge >= 0.3 is 0 Å². The summed E-state index contributed by atoms with van der Waals surface area (Å²) < 4.78 is 52.5. The maximum Gasteiger partial charge on any atom is 0.243 e. The van der Waals surface area contributed by atoms with Crippen LogP contribution in [0, 0.1) is 11.6 Å². The van der Waals surface area contributed by atoms with E-state index in [1.807, 2.05) is 0 Å². The van der Waals surface area contributed by atoms with Crippen molar-refractivity contribution >= 4 is 26.0 Å². The van der Waals surface area contributed by atoms with Crippen LogP contribution in [0.15, 0.2) is 23.1 Å². The summed E-state index contributed by atoms with van der Waals surface area (Å²) in [7, 11) is -3.77. The lowest BCUT2D eigenvalue weighted by Crippen LogP contribution is -2.35. The highest BCUT2D eigenvalue weighted by atomic mass is 79.9. The quantitative estimate of drug-likeness (QED) is 0.748. The molecule has 0 atom stereocenters. The number of sulfonamides is 1. The third-order valence-corrected chi connectivity index (χ3v) is 5.73. The molecule has 118 valence electrons. The van der Waals surface area contributed by atoms with E-state index in [1.54, 1.807) is 0 Å². The normalized spacial score (nSPS) is 18.6. The van der Waals surface area contributed by atoms with E-state index in [9.17, 15) is 17.2 Å². The number of halogens is 3. The first-order chi connectivity index (χ1) is 9.95. The fourth-order valence-corrected chi connectivity index (χ4v) is 4.30. The van der Waals surface area contributed by atoms with Crippen LogP contribution < -0.4 is 0 Å². The summed E-state index contributed by atoms with van der Waals surface area (Å²) in [6.07, 6.45) is 0.718. The zero-order valence-corrected chi connectivity index (χ0v) is 13.8. The van der Waals surface area contributed by atoms with Gasteiger partial charge in [0.25, 0.3) is 0 Å². The lowest BCUT2D eigenvalue weighted by atomic mass is 10.3. The van der Waals surface area contributed by atoms with Crippen molar-refractivity contribution in [1.29, 1.82) is 0 Å². The highest BCUT2D eigenvalue weighted by molar-refractivity contribution is 9.09. The van der Waals surface area contributed by atoms with Gasteiger partial charge < -0.3 is 4.90 Å². The van der Waals surface area contributed by atoms with Gasteiger partial charge in [-0.15, -0.1) is 0 Å². The van der Waals surface area contributed by atoms with Crippen molar-refractivity contribution in [1.82, 2.24) is 9.21 Å². The van der Waals surface area contributed by atoms with Gasteiger partial charge in [-0.25, -0.2) is 17.2 Å². The Morgan fingerprint density at radius 1 is 1.10 bits per heavy atom. The first kappa shape index (κ1) is 16.8. The fraction of sp³-hybridized carbons (Fsp3) is 0.538. The van der Waals surface area contributed by atoms with Gasteiger partial charge in [-0.05, 0) is 31.2 Å². The van der Waals surface area contributed by atoms with Crippen molar-refractivity contribution in [3.63, 3.8) is 0 Å². The SMILES string of the molecule is O=S(=O)(c1ccc(F)c(F)c1)N1CCCN(CCBr)CC1. The van der Waals surface area contributed by atoms with Crippen molar-refractivity contribution in [2.24, 2.45) is 0 Å². The highest BCUT2D eigenvalue weighted by Gasteiger charge is 2.27. The largest absolute Gasteiger partial charge is 0.301 e.